The van der Waals surface area contributed by atoms with Gasteiger partial charge in [-0.05, 0) is 36.1 Å². The monoisotopic (exact) mass is 410 g/mol. The number of benzene rings is 2. The summed E-state index contributed by atoms with van der Waals surface area (Å²) in [7, 11) is 1.32. The van der Waals surface area contributed by atoms with E-state index in [9.17, 15) is 14.4 Å². The zero-order valence-electron chi connectivity index (χ0n) is 16.8. The third-order valence-electron chi connectivity index (χ3n) is 4.55. The molecular formula is C23H22O7. The van der Waals surface area contributed by atoms with Crippen LogP contribution in [0.1, 0.15) is 23.1 Å². The molecule has 0 N–H and O–H groups in total. The van der Waals surface area contributed by atoms with Gasteiger partial charge in [-0.1, -0.05) is 30.3 Å². The van der Waals surface area contributed by atoms with Crippen molar-refractivity contribution in [1.82, 2.24) is 0 Å². The van der Waals surface area contributed by atoms with Gasteiger partial charge in [-0.2, -0.15) is 0 Å². The van der Waals surface area contributed by atoms with Crippen LogP contribution in [-0.4, -0.2) is 25.7 Å². The van der Waals surface area contributed by atoms with Crippen LogP contribution in [0.25, 0.3) is 11.0 Å². The van der Waals surface area contributed by atoms with E-state index in [4.69, 9.17) is 18.6 Å². The van der Waals surface area contributed by atoms with E-state index in [2.05, 4.69) is 0 Å². The van der Waals surface area contributed by atoms with Crippen LogP contribution in [0, 0.1) is 6.92 Å². The van der Waals surface area contributed by atoms with Gasteiger partial charge in [0.2, 0.25) is 0 Å². The van der Waals surface area contributed by atoms with E-state index in [0.717, 1.165) is 16.5 Å². The number of fused-ring (bicyclic) bond motifs is 1. The molecule has 30 heavy (non-hydrogen) atoms. The smallest absolute Gasteiger partial charge is 0.344 e. The van der Waals surface area contributed by atoms with Crippen LogP contribution in [0.4, 0.5) is 0 Å². The SMILES string of the molecule is COC(=O)CCc1cc2c(C)cc(=O)oc2cc1OCC(=O)OCc1ccccc1. The summed E-state index contributed by atoms with van der Waals surface area (Å²) in [6.07, 6.45) is 0.488. The molecule has 3 aromatic rings. The maximum absolute atomic E-state index is 12.1. The molecule has 0 bridgehead atoms. The molecule has 0 radical (unpaired) electrons. The minimum absolute atomic E-state index is 0.143. The van der Waals surface area contributed by atoms with Gasteiger partial charge in [-0.3, -0.25) is 4.79 Å². The lowest BCUT2D eigenvalue weighted by molar-refractivity contribution is -0.147. The van der Waals surface area contributed by atoms with Crippen LogP contribution in [0.2, 0.25) is 0 Å². The fourth-order valence-corrected chi connectivity index (χ4v) is 2.98. The molecule has 0 amide bonds. The Morgan fingerprint density at radius 2 is 1.80 bits per heavy atom. The third-order valence-corrected chi connectivity index (χ3v) is 4.55. The standard InChI is InChI=1S/C23H22O7/c1-15-10-22(25)30-20-12-19(17(11-18(15)20)8-9-21(24)27-2)28-14-23(26)29-13-16-6-4-3-5-7-16/h3-7,10-12H,8-9,13-14H2,1-2H3. The van der Waals surface area contributed by atoms with Gasteiger partial charge in [-0.25, -0.2) is 9.59 Å². The predicted octanol–water partition coefficient (Wildman–Crippen LogP) is 3.33. The molecule has 3 rings (SSSR count). The number of hydrogen-bond donors (Lipinski definition) is 0. The molecule has 0 atom stereocenters. The summed E-state index contributed by atoms with van der Waals surface area (Å²) in [6, 6.07) is 14.1. The highest BCUT2D eigenvalue weighted by Gasteiger charge is 2.14. The van der Waals surface area contributed by atoms with E-state index in [1.165, 1.54) is 13.2 Å². The first-order valence-corrected chi connectivity index (χ1v) is 9.43. The van der Waals surface area contributed by atoms with Gasteiger partial charge < -0.3 is 18.6 Å². The van der Waals surface area contributed by atoms with E-state index < -0.39 is 11.6 Å². The van der Waals surface area contributed by atoms with Gasteiger partial charge in [-0.15, -0.1) is 0 Å². The first-order valence-electron chi connectivity index (χ1n) is 9.43. The molecule has 0 saturated carbocycles. The lowest BCUT2D eigenvalue weighted by Gasteiger charge is -2.13. The van der Waals surface area contributed by atoms with Gasteiger partial charge in [0.05, 0.1) is 7.11 Å². The molecule has 156 valence electrons. The number of ether oxygens (including phenoxy) is 3. The van der Waals surface area contributed by atoms with E-state index in [1.54, 1.807) is 19.1 Å². The van der Waals surface area contributed by atoms with E-state index in [-0.39, 0.29) is 25.6 Å². The van der Waals surface area contributed by atoms with Gasteiger partial charge in [0, 0.05) is 23.9 Å². The number of hydrogen-bond acceptors (Lipinski definition) is 7. The number of carbonyl (C=O) groups excluding carboxylic acids is 2. The lowest BCUT2D eigenvalue weighted by atomic mass is 10.0. The summed E-state index contributed by atoms with van der Waals surface area (Å²) < 4.78 is 20.8. The minimum Gasteiger partial charge on any atom is -0.481 e. The van der Waals surface area contributed by atoms with Crippen LogP contribution >= 0.6 is 0 Å². The van der Waals surface area contributed by atoms with Crippen molar-refractivity contribution in [2.75, 3.05) is 13.7 Å². The Kier molecular flexibility index (Phi) is 6.85. The normalized spacial score (nSPS) is 10.6. The molecule has 0 unspecified atom stereocenters. The summed E-state index contributed by atoms with van der Waals surface area (Å²) >= 11 is 0. The Labute approximate surface area is 173 Å². The number of esters is 2. The molecule has 2 aromatic carbocycles. The van der Waals surface area contributed by atoms with Crippen LogP contribution in [0.5, 0.6) is 5.75 Å². The quantitative estimate of drug-likeness (QED) is 0.415. The first kappa shape index (κ1) is 21.1. The van der Waals surface area contributed by atoms with Crippen molar-refractivity contribution in [2.24, 2.45) is 0 Å². The second kappa shape index (κ2) is 9.73. The highest BCUT2D eigenvalue weighted by Crippen LogP contribution is 2.28. The van der Waals surface area contributed by atoms with Crippen LogP contribution in [-0.2, 0) is 32.1 Å². The van der Waals surface area contributed by atoms with E-state index >= 15 is 0 Å². The van der Waals surface area contributed by atoms with Crippen molar-refractivity contribution in [3.63, 3.8) is 0 Å². The molecular weight excluding hydrogens is 388 g/mol. The molecule has 0 aliphatic carbocycles. The second-order valence-electron chi connectivity index (χ2n) is 6.72. The lowest BCUT2D eigenvalue weighted by Crippen LogP contribution is -2.15. The Morgan fingerprint density at radius 3 is 2.53 bits per heavy atom. The second-order valence-corrected chi connectivity index (χ2v) is 6.72. The van der Waals surface area contributed by atoms with Crippen molar-refractivity contribution < 1.29 is 28.2 Å². The van der Waals surface area contributed by atoms with Gasteiger partial charge >= 0.3 is 17.6 Å². The molecule has 0 aliphatic heterocycles. The summed E-state index contributed by atoms with van der Waals surface area (Å²) in [4.78, 5) is 35.3. The number of rotatable bonds is 8. The Morgan fingerprint density at radius 1 is 1.03 bits per heavy atom. The predicted molar refractivity (Wildman–Crippen MR) is 109 cm³/mol. The van der Waals surface area contributed by atoms with Crippen molar-refractivity contribution in [3.05, 3.63) is 75.6 Å². The third kappa shape index (κ3) is 5.47. The van der Waals surface area contributed by atoms with Crippen molar-refractivity contribution >= 4 is 22.9 Å². The van der Waals surface area contributed by atoms with Gasteiger partial charge in [0.1, 0.15) is 17.9 Å². The van der Waals surface area contributed by atoms with Crippen molar-refractivity contribution in [2.45, 2.75) is 26.4 Å². The Bertz CT molecular complexity index is 1100. The maximum atomic E-state index is 12.1. The number of methoxy groups -OCH3 is 1. The molecule has 0 spiro atoms. The average Bonchev–Trinajstić information content (AvgIpc) is 2.75. The molecule has 0 aliphatic rings. The number of carbonyl (C=O) groups is 2. The summed E-state index contributed by atoms with van der Waals surface area (Å²) in [5, 5.41) is 0.730. The maximum Gasteiger partial charge on any atom is 0.344 e. The number of aryl methyl sites for hydroxylation is 2. The molecule has 7 heteroatoms. The summed E-state index contributed by atoms with van der Waals surface area (Å²) in [5.74, 6) is -0.556. The minimum atomic E-state index is -0.538. The molecule has 0 saturated heterocycles. The highest BCUT2D eigenvalue weighted by atomic mass is 16.6. The zero-order chi connectivity index (χ0) is 21.5. The molecule has 7 nitrogen and oxygen atoms in total. The van der Waals surface area contributed by atoms with Crippen molar-refractivity contribution in [1.29, 1.82) is 0 Å². The van der Waals surface area contributed by atoms with Crippen LogP contribution in [0.15, 0.2) is 57.7 Å². The molecule has 0 fully saturated rings. The molecule has 1 heterocycles. The van der Waals surface area contributed by atoms with Crippen LogP contribution < -0.4 is 10.4 Å². The largest absolute Gasteiger partial charge is 0.481 e. The van der Waals surface area contributed by atoms with Crippen molar-refractivity contribution in [3.8, 4) is 5.75 Å². The van der Waals surface area contributed by atoms with Gasteiger partial charge in [0.25, 0.3) is 0 Å². The Hall–Kier alpha value is -3.61. The summed E-state index contributed by atoms with van der Waals surface area (Å²) in [6.45, 7) is 1.62. The fourth-order valence-electron chi connectivity index (χ4n) is 2.98. The highest BCUT2D eigenvalue weighted by molar-refractivity contribution is 5.83. The first-order chi connectivity index (χ1) is 14.5. The average molecular weight is 410 g/mol. The van der Waals surface area contributed by atoms with E-state index in [1.807, 2.05) is 30.3 Å². The van der Waals surface area contributed by atoms with Crippen LogP contribution in [0.3, 0.4) is 0 Å². The molecule has 1 aromatic heterocycles. The van der Waals surface area contributed by atoms with Gasteiger partial charge in [0.15, 0.2) is 6.61 Å². The zero-order valence-corrected chi connectivity index (χ0v) is 16.8. The topological polar surface area (TPSA) is 92.0 Å². The van der Waals surface area contributed by atoms with E-state index in [0.29, 0.717) is 23.3 Å². The Balaban J connectivity index is 1.76. The summed E-state index contributed by atoms with van der Waals surface area (Å²) in [5.41, 5.74) is 2.17. The fraction of sp³-hybridized carbons (Fsp3) is 0.261.